The van der Waals surface area contributed by atoms with Crippen molar-refractivity contribution in [3.63, 3.8) is 0 Å². The number of ether oxygens (including phenoxy) is 2. The maximum Gasteiger partial charge on any atom is 0.321 e. The number of carboxylic acid groups (broad SMARTS) is 1. The molecule has 2 heterocycles. The van der Waals surface area contributed by atoms with Gasteiger partial charge in [0.05, 0.1) is 12.6 Å². The number of aromatic nitrogens is 2. The first-order chi connectivity index (χ1) is 10.6. The van der Waals surface area contributed by atoms with E-state index in [1.54, 1.807) is 25.3 Å². The molecule has 1 N–H and O–H groups in total. The number of likely N-dealkylation sites (tertiary alicyclic amines) is 1. The predicted molar refractivity (Wildman–Crippen MR) is 79.2 cm³/mol. The van der Waals surface area contributed by atoms with Gasteiger partial charge in [0.15, 0.2) is 0 Å². The Morgan fingerprint density at radius 3 is 2.95 bits per heavy atom. The number of methoxy groups -OCH3 is 1. The molecule has 7 heteroatoms. The zero-order valence-electron chi connectivity index (χ0n) is 12.4. The van der Waals surface area contributed by atoms with Crippen LogP contribution in [0, 0.1) is 0 Å². The third-order valence-electron chi connectivity index (χ3n) is 3.83. The minimum atomic E-state index is -0.835. The summed E-state index contributed by atoms with van der Waals surface area (Å²) in [5, 5.41) is 10.0. The molecular weight excluding hydrogens is 286 g/mol. The van der Waals surface area contributed by atoms with Crippen LogP contribution in [-0.4, -0.2) is 58.8 Å². The van der Waals surface area contributed by atoms with Crippen molar-refractivity contribution in [3.8, 4) is 11.8 Å². The van der Waals surface area contributed by atoms with Crippen molar-refractivity contribution in [2.24, 2.45) is 0 Å². The molecule has 1 unspecified atom stereocenters. The van der Waals surface area contributed by atoms with Crippen molar-refractivity contribution in [3.05, 3.63) is 24.4 Å². The molecule has 1 aliphatic heterocycles. The quantitative estimate of drug-likeness (QED) is 0.907. The van der Waals surface area contributed by atoms with E-state index in [-0.39, 0.29) is 12.1 Å². The van der Waals surface area contributed by atoms with Gasteiger partial charge < -0.3 is 14.6 Å². The lowest BCUT2D eigenvalue weighted by Crippen LogP contribution is -2.32. The maximum absolute atomic E-state index is 11.1. The standard InChI is InChI=1S/C15H17N3O4/c1-18-8-11(6-13(18)14(19)20)22-15-16-7-9-3-4-10(21-2)5-12(9)17-15/h3-5,7,11,13H,6,8H2,1-2H3,(H,19,20)/t11-,13?/m1/s1. The van der Waals surface area contributed by atoms with Crippen LogP contribution < -0.4 is 9.47 Å². The molecule has 1 aromatic heterocycles. The average molecular weight is 303 g/mol. The van der Waals surface area contributed by atoms with Crippen molar-refractivity contribution in [2.75, 3.05) is 20.7 Å². The second kappa shape index (κ2) is 5.76. The Morgan fingerprint density at radius 1 is 1.45 bits per heavy atom. The van der Waals surface area contributed by atoms with Gasteiger partial charge in [0.25, 0.3) is 0 Å². The summed E-state index contributed by atoms with van der Waals surface area (Å²) in [6, 6.07) is 5.26. The second-order valence-electron chi connectivity index (χ2n) is 5.35. The SMILES string of the molecule is COc1ccc2cnc(O[C@@H]3CC(C(=O)O)N(C)C3)nc2c1. The molecule has 3 rings (SSSR count). The van der Waals surface area contributed by atoms with E-state index >= 15 is 0 Å². The topological polar surface area (TPSA) is 84.8 Å². The third-order valence-corrected chi connectivity index (χ3v) is 3.83. The van der Waals surface area contributed by atoms with Crippen LogP contribution in [-0.2, 0) is 4.79 Å². The fraction of sp³-hybridized carbons (Fsp3) is 0.400. The Kier molecular flexibility index (Phi) is 3.81. The largest absolute Gasteiger partial charge is 0.497 e. The summed E-state index contributed by atoms with van der Waals surface area (Å²) >= 11 is 0. The van der Waals surface area contributed by atoms with Crippen molar-refractivity contribution >= 4 is 16.9 Å². The van der Waals surface area contributed by atoms with Crippen LogP contribution in [0.1, 0.15) is 6.42 Å². The number of benzene rings is 1. The number of rotatable bonds is 4. The number of carboxylic acids is 1. The average Bonchev–Trinajstić information content (AvgIpc) is 2.87. The van der Waals surface area contributed by atoms with E-state index < -0.39 is 12.0 Å². The fourth-order valence-corrected chi connectivity index (χ4v) is 2.65. The second-order valence-corrected chi connectivity index (χ2v) is 5.35. The van der Waals surface area contributed by atoms with E-state index in [2.05, 4.69) is 9.97 Å². The molecule has 0 spiro atoms. The molecule has 116 valence electrons. The van der Waals surface area contributed by atoms with E-state index in [1.165, 1.54) is 0 Å². The van der Waals surface area contributed by atoms with Gasteiger partial charge >= 0.3 is 12.0 Å². The van der Waals surface area contributed by atoms with E-state index in [9.17, 15) is 4.79 Å². The van der Waals surface area contributed by atoms with Crippen LogP contribution in [0.2, 0.25) is 0 Å². The van der Waals surface area contributed by atoms with Gasteiger partial charge in [-0.25, -0.2) is 4.98 Å². The van der Waals surface area contributed by atoms with E-state index in [0.29, 0.717) is 18.7 Å². The molecular formula is C15H17N3O4. The minimum absolute atomic E-state index is 0.228. The smallest absolute Gasteiger partial charge is 0.321 e. The molecule has 7 nitrogen and oxygen atoms in total. The molecule has 1 saturated heterocycles. The lowest BCUT2D eigenvalue weighted by molar-refractivity contribution is -0.141. The lowest BCUT2D eigenvalue weighted by Gasteiger charge is -2.13. The third kappa shape index (κ3) is 2.80. The van der Waals surface area contributed by atoms with Crippen molar-refractivity contribution < 1.29 is 19.4 Å². The molecule has 2 aromatic rings. The number of fused-ring (bicyclic) bond motifs is 1. The Balaban J connectivity index is 1.78. The molecule has 1 aliphatic rings. The van der Waals surface area contributed by atoms with E-state index in [0.717, 1.165) is 10.9 Å². The number of carbonyl (C=O) groups is 1. The minimum Gasteiger partial charge on any atom is -0.497 e. The highest BCUT2D eigenvalue weighted by Crippen LogP contribution is 2.23. The molecule has 0 bridgehead atoms. The monoisotopic (exact) mass is 303 g/mol. The Morgan fingerprint density at radius 2 is 2.27 bits per heavy atom. The summed E-state index contributed by atoms with van der Waals surface area (Å²) in [5.74, 6) is -0.124. The van der Waals surface area contributed by atoms with Gasteiger partial charge in [-0.15, -0.1) is 0 Å². The fourth-order valence-electron chi connectivity index (χ4n) is 2.65. The van der Waals surface area contributed by atoms with Gasteiger partial charge in [-0.05, 0) is 19.2 Å². The Hall–Kier alpha value is -2.41. The van der Waals surface area contributed by atoms with E-state index in [1.807, 2.05) is 18.2 Å². The highest BCUT2D eigenvalue weighted by molar-refractivity contribution is 5.79. The predicted octanol–water partition coefficient (Wildman–Crippen LogP) is 1.17. The number of hydrogen-bond acceptors (Lipinski definition) is 6. The molecule has 1 fully saturated rings. The molecule has 22 heavy (non-hydrogen) atoms. The summed E-state index contributed by atoms with van der Waals surface area (Å²) in [6.45, 7) is 0.538. The first-order valence-corrected chi connectivity index (χ1v) is 6.97. The number of hydrogen-bond donors (Lipinski definition) is 1. The van der Waals surface area contributed by atoms with Gasteiger partial charge in [-0.1, -0.05) is 0 Å². The number of likely N-dealkylation sites (N-methyl/N-ethyl adjacent to an activating group) is 1. The molecule has 2 atom stereocenters. The molecule has 1 aromatic carbocycles. The molecule has 0 aliphatic carbocycles. The van der Waals surface area contributed by atoms with Gasteiger partial charge in [0, 0.05) is 30.6 Å². The normalized spacial score (nSPS) is 21.9. The summed E-state index contributed by atoms with van der Waals surface area (Å²) in [7, 11) is 3.37. The zero-order valence-corrected chi connectivity index (χ0v) is 12.4. The van der Waals surface area contributed by atoms with Gasteiger partial charge in [0.2, 0.25) is 0 Å². The summed E-state index contributed by atoms with van der Waals surface area (Å²) in [4.78, 5) is 21.4. The highest BCUT2D eigenvalue weighted by atomic mass is 16.5. The van der Waals surface area contributed by atoms with Crippen LogP contribution in [0.3, 0.4) is 0 Å². The van der Waals surface area contributed by atoms with Crippen molar-refractivity contribution in [1.29, 1.82) is 0 Å². The Bertz CT molecular complexity index is 706. The molecule has 0 saturated carbocycles. The first-order valence-electron chi connectivity index (χ1n) is 6.97. The zero-order chi connectivity index (χ0) is 15.7. The van der Waals surface area contributed by atoms with Crippen molar-refractivity contribution in [2.45, 2.75) is 18.6 Å². The van der Waals surface area contributed by atoms with E-state index in [4.69, 9.17) is 14.6 Å². The lowest BCUT2D eigenvalue weighted by atomic mass is 10.2. The number of aliphatic carboxylic acids is 1. The Labute approximate surface area is 127 Å². The van der Waals surface area contributed by atoms with Crippen LogP contribution in [0.5, 0.6) is 11.8 Å². The summed E-state index contributed by atoms with van der Waals surface area (Å²) in [5.41, 5.74) is 0.727. The number of nitrogens with zero attached hydrogens (tertiary/aromatic N) is 3. The molecule has 0 radical (unpaired) electrons. The molecule has 0 amide bonds. The summed E-state index contributed by atoms with van der Waals surface area (Å²) < 4.78 is 10.9. The van der Waals surface area contributed by atoms with Crippen LogP contribution >= 0.6 is 0 Å². The van der Waals surface area contributed by atoms with Gasteiger partial charge in [-0.2, -0.15) is 4.98 Å². The van der Waals surface area contributed by atoms with Crippen LogP contribution in [0.4, 0.5) is 0 Å². The first kappa shape index (κ1) is 14.5. The van der Waals surface area contributed by atoms with Gasteiger partial charge in [-0.3, -0.25) is 9.69 Å². The van der Waals surface area contributed by atoms with Gasteiger partial charge in [0.1, 0.15) is 17.9 Å². The van der Waals surface area contributed by atoms with Crippen molar-refractivity contribution in [1.82, 2.24) is 14.9 Å². The highest BCUT2D eigenvalue weighted by Gasteiger charge is 2.36. The van der Waals surface area contributed by atoms with Crippen LogP contribution in [0.15, 0.2) is 24.4 Å². The summed E-state index contributed by atoms with van der Waals surface area (Å²) in [6.07, 6.45) is 1.88. The van der Waals surface area contributed by atoms with Crippen LogP contribution in [0.25, 0.3) is 10.9 Å². The maximum atomic E-state index is 11.1.